The monoisotopic (exact) mass is 426 g/mol. The fourth-order valence-corrected chi connectivity index (χ4v) is 2.81. The molecule has 0 saturated carbocycles. The first-order valence-corrected chi connectivity index (χ1v) is 9.77. The van der Waals surface area contributed by atoms with E-state index in [1.165, 1.54) is 7.11 Å². The van der Waals surface area contributed by atoms with Crippen molar-refractivity contribution in [1.82, 2.24) is 10.2 Å². The second-order valence-corrected chi connectivity index (χ2v) is 6.98. The lowest BCUT2D eigenvalue weighted by Gasteiger charge is -2.16. The van der Waals surface area contributed by atoms with Gasteiger partial charge in [-0.25, -0.2) is 4.79 Å². The van der Waals surface area contributed by atoms with Crippen molar-refractivity contribution in [2.24, 2.45) is 0 Å². The third-order valence-electron chi connectivity index (χ3n) is 4.31. The molecule has 3 rings (SSSR count). The van der Waals surface area contributed by atoms with Crippen LogP contribution >= 0.6 is 0 Å². The predicted molar refractivity (Wildman–Crippen MR) is 115 cm³/mol. The summed E-state index contributed by atoms with van der Waals surface area (Å²) in [6.45, 7) is 4.17. The molecule has 0 aliphatic carbocycles. The van der Waals surface area contributed by atoms with E-state index in [0.29, 0.717) is 29.5 Å². The molecule has 0 bridgehead atoms. The molecule has 0 spiro atoms. The molecule has 1 unspecified atom stereocenters. The number of H-pyrrole nitrogens is 1. The molecule has 0 fully saturated rings. The molecule has 0 saturated heterocycles. The van der Waals surface area contributed by atoms with Gasteiger partial charge in [0.05, 0.1) is 19.4 Å². The number of esters is 1. The highest BCUT2D eigenvalue weighted by atomic mass is 16.6. The molecule has 8 nitrogen and oxygen atoms in total. The molecular formula is C23H26N2O6. The Kier molecular flexibility index (Phi) is 7.50. The molecule has 0 radical (unpaired) electrons. The highest BCUT2D eigenvalue weighted by Crippen LogP contribution is 2.33. The number of ether oxygens (including phenoxy) is 5. The van der Waals surface area contributed by atoms with Crippen LogP contribution in [0.2, 0.25) is 0 Å². The quantitative estimate of drug-likeness (QED) is 0.487. The Morgan fingerprint density at radius 2 is 1.77 bits per heavy atom. The fourth-order valence-electron chi connectivity index (χ4n) is 2.81. The normalized spacial score (nSPS) is 11.6. The van der Waals surface area contributed by atoms with E-state index in [1.54, 1.807) is 13.2 Å². The van der Waals surface area contributed by atoms with Crippen LogP contribution in [0.15, 0.2) is 48.5 Å². The van der Waals surface area contributed by atoms with Crippen LogP contribution in [0.25, 0.3) is 11.3 Å². The molecule has 1 heterocycles. The summed E-state index contributed by atoms with van der Waals surface area (Å²) in [7, 11) is 2.93. The summed E-state index contributed by atoms with van der Waals surface area (Å²) in [4.78, 5) is 11.3. The lowest BCUT2D eigenvalue weighted by atomic mass is 10.1. The van der Waals surface area contributed by atoms with Gasteiger partial charge in [-0.2, -0.15) is 0 Å². The van der Waals surface area contributed by atoms with Crippen LogP contribution in [-0.4, -0.2) is 49.7 Å². The maximum atomic E-state index is 11.3. The average Bonchev–Trinajstić information content (AvgIpc) is 3.23. The van der Waals surface area contributed by atoms with Gasteiger partial charge in [-0.1, -0.05) is 17.7 Å². The van der Waals surface area contributed by atoms with E-state index in [1.807, 2.05) is 56.3 Å². The first-order valence-electron chi connectivity index (χ1n) is 9.77. The topological polar surface area (TPSA) is 91.9 Å². The molecular weight excluding hydrogens is 400 g/mol. The molecule has 1 N–H and O–H groups in total. The van der Waals surface area contributed by atoms with Gasteiger partial charge in [0.15, 0.2) is 6.61 Å². The number of carbonyl (C=O) groups excluding carboxylic acids is 1. The minimum Gasteiger partial charge on any atom is -0.488 e. The molecule has 0 aliphatic heterocycles. The van der Waals surface area contributed by atoms with Crippen molar-refractivity contribution in [2.75, 3.05) is 27.4 Å². The van der Waals surface area contributed by atoms with Crippen molar-refractivity contribution in [3.63, 3.8) is 0 Å². The molecule has 164 valence electrons. The van der Waals surface area contributed by atoms with Crippen molar-refractivity contribution in [3.8, 4) is 34.4 Å². The third kappa shape index (κ3) is 6.48. The number of nitrogens with zero attached hydrogens (tertiary/aromatic N) is 1. The number of methoxy groups -OCH3 is 2. The number of aromatic nitrogens is 2. The van der Waals surface area contributed by atoms with Crippen LogP contribution in [0, 0.1) is 6.92 Å². The van der Waals surface area contributed by atoms with Crippen LogP contribution in [0.5, 0.6) is 23.1 Å². The number of nitrogens with one attached hydrogen (secondary N) is 1. The molecule has 2 aromatic carbocycles. The first-order chi connectivity index (χ1) is 15.0. The Balaban J connectivity index is 1.86. The molecule has 1 atom stereocenters. The molecule has 3 aromatic rings. The summed E-state index contributed by atoms with van der Waals surface area (Å²) in [5, 5.41) is 6.99. The number of aryl methyl sites for hydroxylation is 1. The van der Waals surface area contributed by atoms with Gasteiger partial charge in [0, 0.05) is 24.8 Å². The van der Waals surface area contributed by atoms with E-state index in [-0.39, 0.29) is 18.6 Å². The number of hydrogen-bond acceptors (Lipinski definition) is 7. The lowest BCUT2D eigenvalue weighted by molar-refractivity contribution is -0.143. The van der Waals surface area contributed by atoms with Gasteiger partial charge in [0.2, 0.25) is 5.88 Å². The zero-order valence-electron chi connectivity index (χ0n) is 18.0. The highest BCUT2D eigenvalue weighted by Gasteiger charge is 2.13. The van der Waals surface area contributed by atoms with Gasteiger partial charge in [0.1, 0.15) is 23.4 Å². The molecule has 31 heavy (non-hydrogen) atoms. The summed E-state index contributed by atoms with van der Waals surface area (Å²) >= 11 is 0. The summed E-state index contributed by atoms with van der Waals surface area (Å²) in [6, 6.07) is 15.0. The number of aromatic amines is 1. The van der Waals surface area contributed by atoms with Gasteiger partial charge < -0.3 is 23.7 Å². The van der Waals surface area contributed by atoms with E-state index in [0.717, 1.165) is 11.1 Å². The fraction of sp³-hybridized carbons (Fsp3) is 0.304. The van der Waals surface area contributed by atoms with Crippen LogP contribution in [0.4, 0.5) is 0 Å². The van der Waals surface area contributed by atoms with Gasteiger partial charge >= 0.3 is 5.97 Å². The van der Waals surface area contributed by atoms with Crippen LogP contribution in [0.3, 0.4) is 0 Å². The number of hydrogen-bond donors (Lipinski definition) is 1. The van der Waals surface area contributed by atoms with Gasteiger partial charge in [-0.15, -0.1) is 5.10 Å². The summed E-state index contributed by atoms with van der Waals surface area (Å²) in [5.41, 5.74) is 2.61. The maximum absolute atomic E-state index is 11.3. The van der Waals surface area contributed by atoms with Gasteiger partial charge in [0.25, 0.3) is 0 Å². The van der Waals surface area contributed by atoms with Gasteiger partial charge in [-0.05, 0) is 38.1 Å². The second-order valence-electron chi connectivity index (χ2n) is 6.98. The Morgan fingerprint density at radius 3 is 2.48 bits per heavy atom. The van der Waals surface area contributed by atoms with Crippen LogP contribution in [-0.2, 0) is 14.3 Å². The van der Waals surface area contributed by atoms with Crippen LogP contribution in [0.1, 0.15) is 12.5 Å². The Labute approximate surface area is 181 Å². The first kappa shape index (κ1) is 22.2. The largest absolute Gasteiger partial charge is 0.488 e. The minimum atomic E-state index is -0.485. The zero-order valence-corrected chi connectivity index (χ0v) is 18.0. The maximum Gasteiger partial charge on any atom is 0.343 e. The van der Waals surface area contributed by atoms with E-state index in [9.17, 15) is 4.79 Å². The Bertz CT molecular complexity index is 1000. The second kappa shape index (κ2) is 10.5. The van der Waals surface area contributed by atoms with Gasteiger partial charge in [-0.3, -0.25) is 5.10 Å². The summed E-state index contributed by atoms with van der Waals surface area (Å²) in [5.74, 6) is 1.73. The van der Waals surface area contributed by atoms with E-state index < -0.39 is 5.97 Å². The summed E-state index contributed by atoms with van der Waals surface area (Å²) in [6.07, 6.45) is -0.145. The molecule has 0 aliphatic rings. The molecule has 0 amide bonds. The Hall–Kier alpha value is -3.52. The summed E-state index contributed by atoms with van der Waals surface area (Å²) < 4.78 is 27.1. The molecule has 1 aromatic heterocycles. The lowest BCUT2D eigenvalue weighted by Crippen LogP contribution is -2.17. The number of rotatable bonds is 10. The van der Waals surface area contributed by atoms with Crippen molar-refractivity contribution >= 4 is 5.97 Å². The third-order valence-corrected chi connectivity index (χ3v) is 4.31. The highest BCUT2D eigenvalue weighted by molar-refractivity contribution is 5.71. The Morgan fingerprint density at radius 1 is 1.03 bits per heavy atom. The van der Waals surface area contributed by atoms with Crippen molar-refractivity contribution in [1.29, 1.82) is 0 Å². The molecule has 8 heteroatoms. The van der Waals surface area contributed by atoms with E-state index in [2.05, 4.69) is 14.9 Å². The van der Waals surface area contributed by atoms with E-state index >= 15 is 0 Å². The van der Waals surface area contributed by atoms with Crippen molar-refractivity contribution in [2.45, 2.75) is 20.0 Å². The standard InChI is InChI=1S/C23H26N2O6/c1-15-5-7-18(8-6-15)31-20-10-17(9-19(11-20)30-16(2)13-27-3)21-12-22(25-24-21)29-14-23(26)28-4/h5-12,16H,13-14H2,1-4H3,(H,24,25). The predicted octanol–water partition coefficient (Wildman–Crippen LogP) is 4.14. The number of benzene rings is 2. The zero-order chi connectivity index (χ0) is 22.2. The SMILES string of the molecule is COCC(C)Oc1cc(Oc2ccc(C)cc2)cc(-c2cc(OCC(=O)OC)n[nH]2)c1. The van der Waals surface area contributed by atoms with Crippen LogP contribution < -0.4 is 14.2 Å². The van der Waals surface area contributed by atoms with Crippen molar-refractivity contribution < 1.29 is 28.5 Å². The van der Waals surface area contributed by atoms with E-state index in [4.69, 9.17) is 18.9 Å². The number of carbonyl (C=O) groups is 1. The smallest absolute Gasteiger partial charge is 0.343 e. The minimum absolute atomic E-state index is 0.145. The average molecular weight is 426 g/mol. The van der Waals surface area contributed by atoms with Crippen molar-refractivity contribution in [3.05, 3.63) is 54.1 Å².